The molecule has 6 atom stereocenters. The molecule has 1 rings (SSSR count). The summed E-state index contributed by atoms with van der Waals surface area (Å²) in [6.07, 6.45) is 22.6. The van der Waals surface area contributed by atoms with Crippen LogP contribution in [0.15, 0.2) is 24.3 Å². The van der Waals surface area contributed by atoms with Gasteiger partial charge in [0.15, 0.2) is 6.10 Å². The first kappa shape index (κ1) is 51.1. The van der Waals surface area contributed by atoms with Crippen LogP contribution >= 0.6 is 7.82 Å². The van der Waals surface area contributed by atoms with Gasteiger partial charge in [-0.05, 0) is 50.9 Å². The smallest absolute Gasteiger partial charge is 0.306 e. The van der Waals surface area contributed by atoms with E-state index in [9.17, 15) is 34.1 Å². The Kier molecular flexibility index (Phi) is 28.1. The number of phosphoric acid groups is 1. The van der Waals surface area contributed by atoms with Crippen LogP contribution in [0, 0.1) is 11.8 Å². The van der Waals surface area contributed by atoms with Gasteiger partial charge >= 0.3 is 11.9 Å². The summed E-state index contributed by atoms with van der Waals surface area (Å²) >= 11 is 0. The molecule has 0 heterocycles. The van der Waals surface area contributed by atoms with E-state index in [1.807, 2.05) is 21.1 Å². The zero-order valence-corrected chi connectivity index (χ0v) is 35.7. The Morgan fingerprint density at radius 3 is 2.15 bits per heavy atom. The third kappa shape index (κ3) is 27.4. The van der Waals surface area contributed by atoms with E-state index in [2.05, 4.69) is 26.0 Å². The van der Waals surface area contributed by atoms with Crippen molar-refractivity contribution in [1.29, 1.82) is 0 Å². The summed E-state index contributed by atoms with van der Waals surface area (Å²) in [5.74, 6) is -1.57. The van der Waals surface area contributed by atoms with Gasteiger partial charge < -0.3 is 38.1 Å². The highest BCUT2D eigenvalue weighted by molar-refractivity contribution is 7.45. The van der Waals surface area contributed by atoms with Crippen molar-refractivity contribution in [2.24, 2.45) is 11.8 Å². The van der Waals surface area contributed by atoms with Gasteiger partial charge in [0.25, 0.3) is 7.82 Å². The number of hydrogen-bond donors (Lipinski definition) is 2. The second kappa shape index (κ2) is 30.2. The predicted octanol–water partition coefficient (Wildman–Crippen LogP) is 7.53. The topological polar surface area (TPSA) is 169 Å². The van der Waals surface area contributed by atoms with Crippen LogP contribution in [0.3, 0.4) is 0 Å². The van der Waals surface area contributed by atoms with Crippen molar-refractivity contribution < 1.29 is 57.1 Å². The number of nitrogens with zero attached hydrogens (tertiary/aromatic N) is 1. The van der Waals surface area contributed by atoms with Gasteiger partial charge in [0.2, 0.25) is 0 Å². The Morgan fingerprint density at radius 2 is 1.47 bits per heavy atom. The molecule has 2 N–H and O–H groups in total. The van der Waals surface area contributed by atoms with Crippen LogP contribution < -0.4 is 4.89 Å². The second-order valence-electron chi connectivity index (χ2n) is 16.1. The molecule has 0 aliphatic heterocycles. The number of unbranched alkanes of at least 4 members (excludes halogenated alkanes) is 12. The summed E-state index contributed by atoms with van der Waals surface area (Å²) in [6.45, 7) is 3.79. The molecule has 1 unspecified atom stereocenters. The molecule has 13 heteroatoms. The van der Waals surface area contributed by atoms with Crippen molar-refractivity contribution in [3.05, 3.63) is 24.3 Å². The first-order valence-corrected chi connectivity index (χ1v) is 22.6. The highest BCUT2D eigenvalue weighted by Crippen LogP contribution is 2.38. The van der Waals surface area contributed by atoms with E-state index in [0.717, 1.165) is 77.0 Å². The molecule has 12 nitrogen and oxygen atoms in total. The number of aliphatic hydroxyl groups excluding tert-OH is 2. The van der Waals surface area contributed by atoms with Gasteiger partial charge in [-0.15, -0.1) is 0 Å². The number of hydrogen-bond acceptors (Lipinski definition) is 11. The van der Waals surface area contributed by atoms with Gasteiger partial charge in [-0.1, -0.05) is 109 Å². The maximum atomic E-state index is 12.6. The van der Waals surface area contributed by atoms with Gasteiger partial charge in [-0.3, -0.25) is 18.9 Å². The molecule has 0 aromatic carbocycles. The van der Waals surface area contributed by atoms with E-state index in [1.165, 1.54) is 12.8 Å². The number of carbonyl (C=O) groups excluding carboxylic acids is 3. The van der Waals surface area contributed by atoms with Crippen LogP contribution in [0.4, 0.5) is 0 Å². The molecule has 1 fully saturated rings. The fourth-order valence-corrected chi connectivity index (χ4v) is 7.15. The Morgan fingerprint density at radius 1 is 0.855 bits per heavy atom. The number of quaternary nitrogens is 1. The first-order chi connectivity index (χ1) is 26.2. The molecule has 0 saturated heterocycles. The maximum absolute atomic E-state index is 12.6. The third-order valence-corrected chi connectivity index (χ3v) is 10.8. The SMILES string of the molecule is CCCC/C=C\CCCCCCCC(=O)O[C@H](COC(=O)CCCCCC[C@H]1[C@@H](O)CC(=O)[C@@H]1/C=C/[C@@H](O)CCCCC)COP(=O)([O-])OCC[N+](C)(C)C. The number of rotatable bonds is 34. The lowest BCUT2D eigenvalue weighted by Gasteiger charge is -2.28. The highest BCUT2D eigenvalue weighted by atomic mass is 31.2. The molecule has 1 saturated carbocycles. The summed E-state index contributed by atoms with van der Waals surface area (Å²) in [5, 5.41) is 20.7. The van der Waals surface area contributed by atoms with Crippen LogP contribution in [0.1, 0.15) is 149 Å². The molecule has 0 aromatic heterocycles. The van der Waals surface area contributed by atoms with Crippen molar-refractivity contribution in [1.82, 2.24) is 0 Å². The van der Waals surface area contributed by atoms with Crippen LogP contribution in [-0.4, -0.2) is 98.2 Å². The van der Waals surface area contributed by atoms with E-state index < -0.39 is 44.7 Å². The zero-order valence-electron chi connectivity index (χ0n) is 34.8. The standard InChI is InChI=1S/C42H76NO11P/c1-6-8-10-11-12-13-14-15-16-17-23-27-42(48)54-36(34-53-55(49,50)52-31-30-43(3,4)5)33-51-41(47)26-22-19-18-21-25-37-38(40(46)32-39(37)45)29-28-35(44)24-20-9-7-2/h11-12,28-29,35-39,44-45H,6-10,13-27,30-34H2,1-5H3/b12-11-,29-28+/t35-,36+,37+,38+,39-/m0/s1. The molecular formula is C42H76NO11P. The molecule has 320 valence electrons. The predicted molar refractivity (Wildman–Crippen MR) is 214 cm³/mol. The number of ether oxygens (including phenoxy) is 2. The summed E-state index contributed by atoms with van der Waals surface area (Å²) in [6, 6.07) is 0. The summed E-state index contributed by atoms with van der Waals surface area (Å²) in [7, 11) is 1.03. The van der Waals surface area contributed by atoms with Gasteiger partial charge in [-0.25, -0.2) is 0 Å². The number of esters is 2. The Balaban J connectivity index is 2.50. The lowest BCUT2D eigenvalue weighted by atomic mass is 9.88. The number of phosphoric ester groups is 1. The Labute approximate surface area is 332 Å². The number of ketones is 1. The molecule has 1 aliphatic carbocycles. The molecule has 0 bridgehead atoms. The lowest BCUT2D eigenvalue weighted by molar-refractivity contribution is -0.870. The van der Waals surface area contributed by atoms with Crippen molar-refractivity contribution in [3.63, 3.8) is 0 Å². The Bertz CT molecular complexity index is 1150. The lowest BCUT2D eigenvalue weighted by Crippen LogP contribution is -2.37. The van der Waals surface area contributed by atoms with Crippen LogP contribution in [0.25, 0.3) is 0 Å². The molecule has 1 aliphatic rings. The van der Waals surface area contributed by atoms with Gasteiger partial charge in [0.05, 0.1) is 40.0 Å². The fourth-order valence-electron chi connectivity index (χ4n) is 6.42. The number of aliphatic hydroxyl groups is 2. The minimum Gasteiger partial charge on any atom is -0.756 e. The highest BCUT2D eigenvalue weighted by Gasteiger charge is 2.39. The quantitative estimate of drug-likeness (QED) is 0.0217. The van der Waals surface area contributed by atoms with Crippen molar-refractivity contribution >= 4 is 25.5 Å². The van der Waals surface area contributed by atoms with Crippen molar-refractivity contribution in [2.45, 2.75) is 167 Å². The van der Waals surface area contributed by atoms with Gasteiger partial charge in [0.1, 0.15) is 25.5 Å². The monoisotopic (exact) mass is 802 g/mol. The summed E-state index contributed by atoms with van der Waals surface area (Å²) in [5.41, 5.74) is 0. The average molecular weight is 802 g/mol. The van der Waals surface area contributed by atoms with E-state index in [-0.39, 0.29) is 50.1 Å². The number of allylic oxidation sites excluding steroid dienone is 3. The van der Waals surface area contributed by atoms with Crippen LogP contribution in [0.2, 0.25) is 0 Å². The van der Waals surface area contributed by atoms with Crippen molar-refractivity contribution in [2.75, 3.05) is 47.5 Å². The van der Waals surface area contributed by atoms with E-state index in [4.69, 9.17) is 18.5 Å². The number of Topliss-reactive ketones (excluding diaryl/α,β-unsaturated/α-hetero) is 1. The van der Waals surface area contributed by atoms with E-state index >= 15 is 0 Å². The fraction of sp³-hybridized carbons (Fsp3) is 0.833. The average Bonchev–Trinajstić information content (AvgIpc) is 3.39. The summed E-state index contributed by atoms with van der Waals surface area (Å²) in [4.78, 5) is 50.1. The van der Waals surface area contributed by atoms with Gasteiger partial charge in [-0.2, -0.15) is 0 Å². The molecular weight excluding hydrogens is 725 g/mol. The minimum atomic E-state index is -4.68. The normalized spacial score (nSPS) is 19.9. The number of carbonyl (C=O) groups is 3. The molecule has 0 aromatic rings. The summed E-state index contributed by atoms with van der Waals surface area (Å²) < 4.78 is 33.7. The maximum Gasteiger partial charge on any atom is 0.306 e. The molecule has 0 amide bonds. The van der Waals surface area contributed by atoms with Crippen molar-refractivity contribution in [3.8, 4) is 0 Å². The second-order valence-corrected chi connectivity index (χ2v) is 17.5. The van der Waals surface area contributed by atoms with E-state index in [1.54, 1.807) is 12.2 Å². The van der Waals surface area contributed by atoms with Gasteiger partial charge in [0, 0.05) is 25.2 Å². The van der Waals surface area contributed by atoms with E-state index in [0.29, 0.717) is 36.7 Å². The van der Waals surface area contributed by atoms with Crippen LogP contribution in [0.5, 0.6) is 0 Å². The first-order valence-electron chi connectivity index (χ1n) is 21.1. The largest absolute Gasteiger partial charge is 0.756 e. The third-order valence-electron chi connectivity index (χ3n) is 9.85. The zero-order chi connectivity index (χ0) is 41.0. The van der Waals surface area contributed by atoms with Crippen LogP contribution in [-0.2, 0) is 37.5 Å². The molecule has 0 spiro atoms. The molecule has 55 heavy (non-hydrogen) atoms. The minimum absolute atomic E-state index is 0.00391. The Hall–Kier alpha value is -1.92. The number of likely N-dealkylation sites (N-methyl/N-ethyl adjacent to an activating group) is 1. The molecule has 0 radical (unpaired) electrons.